The number of rotatable bonds is 12. The van der Waals surface area contributed by atoms with Crippen molar-refractivity contribution >= 4 is 42.1 Å². The number of aromatic amines is 1. The third-order valence-corrected chi connectivity index (χ3v) is 6.87. The maximum Gasteiger partial charge on any atom is 0.356 e. The number of hydrogen-bond acceptors (Lipinski definition) is 9. The van der Waals surface area contributed by atoms with Crippen LogP contribution in [0.15, 0.2) is 59.7 Å². The molecule has 4 aromatic rings. The van der Waals surface area contributed by atoms with E-state index in [-0.39, 0.29) is 42.4 Å². The molecule has 0 fully saturated rings. The number of anilines is 1. The number of nitrogens with zero attached hydrogens (tertiary/aromatic N) is 3. The topological polar surface area (TPSA) is 151 Å². The molecule has 2 aromatic carbocycles. The second kappa shape index (κ2) is 11.8. The maximum absolute atomic E-state index is 13.4. The first-order valence-corrected chi connectivity index (χ1v) is 13.0. The van der Waals surface area contributed by atoms with E-state index in [4.69, 9.17) is 31.1 Å². The largest absolute Gasteiger partial charge is 0.369 e. The van der Waals surface area contributed by atoms with Gasteiger partial charge in [0.15, 0.2) is 16.9 Å². The third kappa shape index (κ3) is 7.09. The highest BCUT2D eigenvalue weighted by Crippen LogP contribution is 2.49. The Morgan fingerprint density at radius 1 is 1.19 bits per heavy atom. The quantitative estimate of drug-likeness (QED) is 0.153. The molecule has 11 nitrogen and oxygen atoms in total. The number of fused-ring (bicyclic) bond motifs is 1. The van der Waals surface area contributed by atoms with E-state index >= 15 is 0 Å². The Morgan fingerprint density at radius 2 is 1.97 bits per heavy atom. The number of hydrogen-bond donors (Lipinski definition) is 2. The lowest BCUT2D eigenvalue weighted by Gasteiger charge is -2.19. The molecular formula is C23H22ClFN5O6P. The number of Topliss-reactive ketones (excluding diaryl/α,β-unsaturated/α-hetero) is 1. The van der Waals surface area contributed by atoms with Gasteiger partial charge in [0, 0.05) is 17.1 Å². The normalized spacial score (nSPS) is 13.0. The van der Waals surface area contributed by atoms with Crippen molar-refractivity contribution in [3.63, 3.8) is 0 Å². The van der Waals surface area contributed by atoms with Gasteiger partial charge >= 0.3 is 7.60 Å². The Kier molecular flexibility index (Phi) is 8.47. The van der Waals surface area contributed by atoms with Crippen LogP contribution in [0.25, 0.3) is 11.2 Å². The summed E-state index contributed by atoms with van der Waals surface area (Å²) in [5.41, 5.74) is 6.35. The molecule has 1 unspecified atom stereocenters. The summed E-state index contributed by atoms with van der Waals surface area (Å²) in [6.07, 6.45) is 0.940. The summed E-state index contributed by atoms with van der Waals surface area (Å²) in [6.45, 7) is -0.446. The predicted octanol–water partition coefficient (Wildman–Crippen LogP) is 3.78. The molecule has 1 atom stereocenters. The van der Waals surface area contributed by atoms with Crippen LogP contribution in [0.3, 0.4) is 0 Å². The Morgan fingerprint density at radius 3 is 2.73 bits per heavy atom. The number of nitrogens with two attached hydrogens (primary N) is 1. The van der Waals surface area contributed by atoms with Crippen LogP contribution in [0.1, 0.15) is 15.9 Å². The van der Waals surface area contributed by atoms with Crippen molar-refractivity contribution in [3.8, 4) is 0 Å². The Bertz CT molecular complexity index is 1510. The molecule has 0 aliphatic heterocycles. The third-order valence-electron chi connectivity index (χ3n) is 5.09. The van der Waals surface area contributed by atoms with Gasteiger partial charge in [0.2, 0.25) is 5.95 Å². The summed E-state index contributed by atoms with van der Waals surface area (Å²) in [5.74, 6) is -1.06. The molecule has 3 N–H and O–H groups in total. The number of ketones is 1. The molecule has 14 heteroatoms. The fraction of sp³-hybridized carbons (Fsp3) is 0.217. The Hall–Kier alpha value is -3.41. The molecule has 2 heterocycles. The van der Waals surface area contributed by atoms with Gasteiger partial charge in [-0.3, -0.25) is 23.7 Å². The number of imidazole rings is 1. The van der Waals surface area contributed by atoms with Crippen molar-refractivity contribution in [1.82, 2.24) is 19.5 Å². The number of ether oxygens (including phenoxy) is 1. The predicted molar refractivity (Wildman–Crippen MR) is 134 cm³/mol. The molecule has 0 spiro atoms. The molecule has 0 saturated carbocycles. The summed E-state index contributed by atoms with van der Waals surface area (Å²) in [5, 5.41) is 0.472. The number of carbonyl (C=O) groups excluding carboxylic acids is 1. The van der Waals surface area contributed by atoms with Gasteiger partial charge < -0.3 is 19.6 Å². The highest BCUT2D eigenvalue weighted by Gasteiger charge is 2.27. The smallest absolute Gasteiger partial charge is 0.356 e. The highest BCUT2D eigenvalue weighted by molar-refractivity contribution is 7.53. The lowest BCUT2D eigenvalue weighted by atomic mass is 10.1. The standard InChI is InChI=1S/C23H22ClFN5O6P/c24-17-3-1-2-15(10-17)11-35-37(33,36-12-19(31)16-4-6-18(25)7-5-16)14-34-9-8-30-13-27-20-21(30)28-23(26)29-22(20)32/h1-7,10,13H,8-9,11-12,14H2,(H3,26,28,29,32). The lowest BCUT2D eigenvalue weighted by molar-refractivity contribution is 0.0855. The fourth-order valence-electron chi connectivity index (χ4n) is 3.26. The minimum atomic E-state index is -3.93. The zero-order valence-electron chi connectivity index (χ0n) is 19.3. The zero-order chi connectivity index (χ0) is 26.4. The van der Waals surface area contributed by atoms with E-state index < -0.39 is 37.7 Å². The first-order chi connectivity index (χ1) is 17.7. The van der Waals surface area contributed by atoms with E-state index in [0.717, 1.165) is 12.1 Å². The monoisotopic (exact) mass is 549 g/mol. The molecule has 2 aromatic heterocycles. The zero-order valence-corrected chi connectivity index (χ0v) is 21.0. The summed E-state index contributed by atoms with van der Waals surface area (Å²) < 4.78 is 44.6. The molecule has 37 heavy (non-hydrogen) atoms. The second-order valence-electron chi connectivity index (χ2n) is 7.82. The number of aromatic nitrogens is 4. The van der Waals surface area contributed by atoms with E-state index in [1.165, 1.54) is 18.5 Å². The van der Waals surface area contributed by atoms with Crippen molar-refractivity contribution in [3.05, 3.63) is 87.2 Å². The minimum Gasteiger partial charge on any atom is -0.369 e. The summed E-state index contributed by atoms with van der Waals surface area (Å²) in [7, 11) is -3.93. The van der Waals surface area contributed by atoms with Crippen LogP contribution in [0.4, 0.5) is 10.3 Å². The van der Waals surface area contributed by atoms with Crippen LogP contribution in [0.2, 0.25) is 5.02 Å². The number of benzene rings is 2. The Labute approximate surface area is 214 Å². The minimum absolute atomic E-state index is 0.0274. The van der Waals surface area contributed by atoms with Crippen LogP contribution in [-0.2, 0) is 31.5 Å². The van der Waals surface area contributed by atoms with E-state index in [0.29, 0.717) is 10.6 Å². The van der Waals surface area contributed by atoms with Crippen LogP contribution in [-0.4, -0.2) is 44.9 Å². The molecule has 0 bridgehead atoms. The average molecular weight is 550 g/mol. The van der Waals surface area contributed by atoms with Gasteiger partial charge in [0.25, 0.3) is 5.56 Å². The second-order valence-corrected chi connectivity index (χ2v) is 10.2. The summed E-state index contributed by atoms with van der Waals surface area (Å²) in [6, 6.07) is 11.6. The number of H-pyrrole nitrogens is 1. The summed E-state index contributed by atoms with van der Waals surface area (Å²) in [4.78, 5) is 34.8. The number of carbonyl (C=O) groups is 1. The van der Waals surface area contributed by atoms with E-state index in [9.17, 15) is 18.5 Å². The van der Waals surface area contributed by atoms with Crippen LogP contribution in [0, 0.1) is 5.82 Å². The van der Waals surface area contributed by atoms with Crippen molar-refractivity contribution < 1.29 is 27.5 Å². The van der Waals surface area contributed by atoms with Gasteiger partial charge in [0.05, 0.1) is 19.5 Å². The summed E-state index contributed by atoms with van der Waals surface area (Å²) >= 11 is 5.99. The van der Waals surface area contributed by atoms with Crippen molar-refractivity contribution in [1.29, 1.82) is 0 Å². The molecular weight excluding hydrogens is 528 g/mol. The molecule has 0 aliphatic rings. The van der Waals surface area contributed by atoms with Crippen molar-refractivity contribution in [2.45, 2.75) is 13.2 Å². The molecule has 194 valence electrons. The van der Waals surface area contributed by atoms with Gasteiger partial charge in [-0.1, -0.05) is 23.7 Å². The van der Waals surface area contributed by atoms with Crippen molar-refractivity contribution in [2.24, 2.45) is 0 Å². The van der Waals surface area contributed by atoms with Crippen LogP contribution >= 0.6 is 19.2 Å². The van der Waals surface area contributed by atoms with E-state index in [2.05, 4.69) is 15.0 Å². The SMILES string of the molecule is Nc1nc2c(ncn2CCOCP(=O)(OCC(=O)c2ccc(F)cc2)OCc2cccc(Cl)c2)c(=O)[nH]1. The van der Waals surface area contributed by atoms with Gasteiger partial charge in [-0.15, -0.1) is 0 Å². The van der Waals surface area contributed by atoms with Gasteiger partial charge in [0.1, 0.15) is 18.8 Å². The molecule has 0 aliphatic carbocycles. The van der Waals surface area contributed by atoms with Gasteiger partial charge in [-0.2, -0.15) is 4.98 Å². The molecule has 4 rings (SSSR count). The first kappa shape index (κ1) is 26.6. The van der Waals surface area contributed by atoms with Gasteiger partial charge in [-0.25, -0.2) is 9.37 Å². The lowest BCUT2D eigenvalue weighted by Crippen LogP contribution is -2.14. The van der Waals surface area contributed by atoms with Crippen LogP contribution < -0.4 is 11.3 Å². The molecule has 0 amide bonds. The van der Waals surface area contributed by atoms with Crippen molar-refractivity contribution in [2.75, 3.05) is 25.3 Å². The van der Waals surface area contributed by atoms with E-state index in [1.54, 1.807) is 28.8 Å². The van der Waals surface area contributed by atoms with E-state index in [1.807, 2.05) is 0 Å². The molecule has 0 radical (unpaired) electrons. The fourth-order valence-corrected chi connectivity index (χ4v) is 4.71. The molecule has 0 saturated heterocycles. The van der Waals surface area contributed by atoms with Crippen LogP contribution in [0.5, 0.6) is 0 Å². The maximum atomic E-state index is 13.4. The first-order valence-electron chi connectivity index (χ1n) is 10.9. The Balaban J connectivity index is 1.40. The average Bonchev–Trinajstić information content (AvgIpc) is 3.28. The number of halogens is 2. The van der Waals surface area contributed by atoms with Gasteiger partial charge in [-0.05, 0) is 42.0 Å². The number of nitrogens with one attached hydrogen (secondary N) is 1. The number of nitrogen functional groups attached to an aromatic ring is 1. The highest BCUT2D eigenvalue weighted by atomic mass is 35.5.